The fourth-order valence-corrected chi connectivity index (χ4v) is 1.79. The van der Waals surface area contributed by atoms with Crippen molar-refractivity contribution >= 4 is 29.1 Å². The smallest absolute Gasteiger partial charge is 0.270 e. The second kappa shape index (κ2) is 6.33. The van der Waals surface area contributed by atoms with E-state index in [2.05, 4.69) is 26.0 Å². The molecule has 106 valence electrons. The minimum absolute atomic E-state index is 0.152. The molecule has 1 aromatic heterocycles. The molecule has 0 bridgehead atoms. The zero-order valence-corrected chi connectivity index (χ0v) is 12.0. The lowest BCUT2D eigenvalue weighted by Crippen LogP contribution is -2.16. The highest BCUT2D eigenvalue weighted by atomic mass is 35.5. The SMILES string of the molecule is CCCNc1ccc(Cl)cc1C(=O)Nc1nnn(C)n1. The molecule has 2 aromatic rings. The van der Waals surface area contributed by atoms with Crippen molar-refractivity contribution in [1.82, 2.24) is 20.2 Å². The van der Waals surface area contributed by atoms with Crippen molar-refractivity contribution in [3.8, 4) is 0 Å². The van der Waals surface area contributed by atoms with Gasteiger partial charge in [-0.3, -0.25) is 10.1 Å². The quantitative estimate of drug-likeness (QED) is 0.880. The molecular weight excluding hydrogens is 280 g/mol. The first-order chi connectivity index (χ1) is 9.60. The number of amides is 1. The Hall–Kier alpha value is -2.15. The van der Waals surface area contributed by atoms with Gasteiger partial charge in [-0.05, 0) is 29.8 Å². The number of aromatic nitrogens is 4. The number of rotatable bonds is 5. The summed E-state index contributed by atoms with van der Waals surface area (Å²) in [6.07, 6.45) is 0.954. The number of carbonyl (C=O) groups is 1. The van der Waals surface area contributed by atoms with Crippen molar-refractivity contribution in [2.75, 3.05) is 17.2 Å². The predicted octanol–water partition coefficient (Wildman–Crippen LogP) is 1.94. The van der Waals surface area contributed by atoms with E-state index in [0.29, 0.717) is 10.6 Å². The van der Waals surface area contributed by atoms with E-state index in [4.69, 9.17) is 11.6 Å². The molecule has 0 fully saturated rings. The molecule has 0 atom stereocenters. The summed E-state index contributed by atoms with van der Waals surface area (Å²) in [5.74, 6) is -0.182. The van der Waals surface area contributed by atoms with Gasteiger partial charge in [0.1, 0.15) is 0 Å². The summed E-state index contributed by atoms with van der Waals surface area (Å²) in [5, 5.41) is 17.5. The highest BCUT2D eigenvalue weighted by Gasteiger charge is 2.14. The van der Waals surface area contributed by atoms with Gasteiger partial charge in [0.2, 0.25) is 0 Å². The molecular formula is C12H15ClN6O. The van der Waals surface area contributed by atoms with Gasteiger partial charge in [0.05, 0.1) is 12.6 Å². The number of hydrogen-bond acceptors (Lipinski definition) is 5. The molecule has 7 nitrogen and oxygen atoms in total. The number of benzene rings is 1. The molecule has 0 radical (unpaired) electrons. The molecule has 1 heterocycles. The monoisotopic (exact) mass is 294 g/mol. The fourth-order valence-electron chi connectivity index (χ4n) is 1.62. The van der Waals surface area contributed by atoms with Crippen LogP contribution in [0.15, 0.2) is 18.2 Å². The molecule has 0 aliphatic rings. The highest BCUT2D eigenvalue weighted by molar-refractivity contribution is 6.31. The van der Waals surface area contributed by atoms with E-state index in [9.17, 15) is 4.79 Å². The summed E-state index contributed by atoms with van der Waals surface area (Å²) < 4.78 is 0. The topological polar surface area (TPSA) is 84.7 Å². The van der Waals surface area contributed by atoms with E-state index in [-0.39, 0.29) is 11.9 Å². The average molecular weight is 295 g/mol. The molecule has 2 N–H and O–H groups in total. The van der Waals surface area contributed by atoms with Crippen molar-refractivity contribution in [3.05, 3.63) is 28.8 Å². The summed E-state index contributed by atoms with van der Waals surface area (Å²) in [7, 11) is 1.62. The summed E-state index contributed by atoms with van der Waals surface area (Å²) in [6.45, 7) is 2.82. The lowest BCUT2D eigenvalue weighted by molar-refractivity contribution is 0.102. The van der Waals surface area contributed by atoms with Crippen LogP contribution in [0.3, 0.4) is 0 Å². The van der Waals surface area contributed by atoms with Crippen LogP contribution in [0.4, 0.5) is 11.6 Å². The zero-order valence-electron chi connectivity index (χ0n) is 11.2. The largest absolute Gasteiger partial charge is 0.384 e. The Morgan fingerprint density at radius 2 is 2.25 bits per heavy atom. The maximum Gasteiger partial charge on any atom is 0.270 e. The summed E-state index contributed by atoms with van der Waals surface area (Å²) in [6, 6.07) is 5.11. The van der Waals surface area contributed by atoms with Crippen LogP contribution in [0.2, 0.25) is 5.02 Å². The number of tetrazole rings is 1. The Balaban J connectivity index is 2.21. The summed E-state index contributed by atoms with van der Waals surface area (Å²) in [5.41, 5.74) is 1.16. The van der Waals surface area contributed by atoms with Crippen LogP contribution in [0, 0.1) is 0 Å². The molecule has 1 amide bonds. The maximum absolute atomic E-state index is 12.2. The standard InChI is InChI=1S/C12H15ClN6O/c1-3-6-14-10-5-4-8(13)7-9(10)11(20)15-12-16-18-19(2)17-12/h4-5,7,14H,3,6H2,1-2H3,(H,15,17,20). The third-order valence-electron chi connectivity index (χ3n) is 2.53. The third-order valence-corrected chi connectivity index (χ3v) is 2.76. The van der Waals surface area contributed by atoms with Crippen LogP contribution in [-0.2, 0) is 7.05 Å². The number of carbonyl (C=O) groups excluding carboxylic acids is 1. The Kier molecular flexibility index (Phi) is 4.52. The number of aryl methyl sites for hydroxylation is 1. The molecule has 1 aromatic carbocycles. The third kappa shape index (κ3) is 3.45. The molecule has 2 rings (SSSR count). The first kappa shape index (κ1) is 14.3. The fraction of sp³-hybridized carbons (Fsp3) is 0.333. The molecule has 0 aliphatic carbocycles. The van der Waals surface area contributed by atoms with Gasteiger partial charge >= 0.3 is 0 Å². The van der Waals surface area contributed by atoms with Crippen LogP contribution in [0.1, 0.15) is 23.7 Å². The van der Waals surface area contributed by atoms with Crippen molar-refractivity contribution in [2.45, 2.75) is 13.3 Å². The van der Waals surface area contributed by atoms with E-state index >= 15 is 0 Å². The lowest BCUT2D eigenvalue weighted by atomic mass is 10.1. The Morgan fingerprint density at radius 3 is 2.90 bits per heavy atom. The van der Waals surface area contributed by atoms with Crippen LogP contribution in [-0.4, -0.2) is 32.7 Å². The Bertz CT molecular complexity index is 612. The number of anilines is 2. The molecule has 0 saturated carbocycles. The predicted molar refractivity (Wildman–Crippen MR) is 77.0 cm³/mol. The van der Waals surface area contributed by atoms with Crippen LogP contribution in [0.25, 0.3) is 0 Å². The lowest BCUT2D eigenvalue weighted by Gasteiger charge is -2.11. The molecule has 8 heteroatoms. The van der Waals surface area contributed by atoms with Crippen molar-refractivity contribution in [1.29, 1.82) is 0 Å². The van der Waals surface area contributed by atoms with Gasteiger partial charge in [0.15, 0.2) is 0 Å². The second-order valence-electron chi connectivity index (χ2n) is 4.17. The van der Waals surface area contributed by atoms with Crippen LogP contribution >= 0.6 is 11.6 Å². The van der Waals surface area contributed by atoms with Gasteiger partial charge in [-0.2, -0.15) is 4.80 Å². The van der Waals surface area contributed by atoms with Crippen molar-refractivity contribution in [3.63, 3.8) is 0 Å². The number of nitrogens with zero attached hydrogens (tertiary/aromatic N) is 4. The maximum atomic E-state index is 12.2. The minimum Gasteiger partial charge on any atom is -0.384 e. The molecule has 0 unspecified atom stereocenters. The highest BCUT2D eigenvalue weighted by Crippen LogP contribution is 2.21. The number of hydrogen-bond donors (Lipinski definition) is 2. The van der Waals surface area contributed by atoms with Gasteiger partial charge in [0, 0.05) is 17.3 Å². The molecule has 0 aliphatic heterocycles. The normalized spacial score (nSPS) is 10.3. The molecule has 0 spiro atoms. The average Bonchev–Trinajstić information content (AvgIpc) is 2.82. The minimum atomic E-state index is -0.334. The molecule has 0 saturated heterocycles. The first-order valence-electron chi connectivity index (χ1n) is 6.19. The van der Waals surface area contributed by atoms with Crippen molar-refractivity contribution < 1.29 is 4.79 Å². The van der Waals surface area contributed by atoms with Gasteiger partial charge < -0.3 is 5.32 Å². The number of nitrogens with one attached hydrogen (secondary N) is 2. The number of halogens is 1. The van der Waals surface area contributed by atoms with Gasteiger partial charge in [-0.25, -0.2) is 0 Å². The van der Waals surface area contributed by atoms with E-state index in [0.717, 1.165) is 18.7 Å². The molecule has 20 heavy (non-hydrogen) atoms. The van der Waals surface area contributed by atoms with Gasteiger partial charge in [0.25, 0.3) is 11.9 Å². The zero-order chi connectivity index (χ0) is 14.5. The van der Waals surface area contributed by atoms with E-state index in [1.54, 1.807) is 25.2 Å². The van der Waals surface area contributed by atoms with Gasteiger partial charge in [-0.1, -0.05) is 23.6 Å². The van der Waals surface area contributed by atoms with Gasteiger partial charge in [-0.15, -0.1) is 5.10 Å². The Labute approximate surface area is 121 Å². The first-order valence-corrected chi connectivity index (χ1v) is 6.56. The summed E-state index contributed by atoms with van der Waals surface area (Å²) >= 11 is 5.95. The van der Waals surface area contributed by atoms with Crippen LogP contribution < -0.4 is 10.6 Å². The van der Waals surface area contributed by atoms with Crippen LogP contribution in [0.5, 0.6) is 0 Å². The van der Waals surface area contributed by atoms with E-state index < -0.39 is 0 Å². The summed E-state index contributed by atoms with van der Waals surface area (Å²) in [4.78, 5) is 13.5. The Morgan fingerprint density at radius 1 is 1.45 bits per heavy atom. The van der Waals surface area contributed by atoms with E-state index in [1.165, 1.54) is 4.80 Å². The van der Waals surface area contributed by atoms with Crippen molar-refractivity contribution in [2.24, 2.45) is 7.05 Å². The van der Waals surface area contributed by atoms with E-state index in [1.807, 2.05) is 6.92 Å². The second-order valence-corrected chi connectivity index (χ2v) is 4.61.